The van der Waals surface area contributed by atoms with Gasteiger partial charge in [0.15, 0.2) is 17.6 Å². The second-order valence-corrected chi connectivity index (χ2v) is 36.0. The van der Waals surface area contributed by atoms with E-state index in [-0.39, 0.29) is 107 Å². The van der Waals surface area contributed by atoms with Gasteiger partial charge in [-0.2, -0.15) is 0 Å². The lowest BCUT2D eigenvalue weighted by Gasteiger charge is -2.36. The molecule has 0 spiro atoms. The number of thioether (sulfide) groups is 1. The number of thiophene rings is 1. The minimum atomic E-state index is -1.84. The van der Waals surface area contributed by atoms with Crippen molar-refractivity contribution in [2.24, 2.45) is 23.1 Å². The van der Waals surface area contributed by atoms with E-state index in [1.807, 2.05) is 32.0 Å². The molecular weight excluding hydrogens is 1770 g/mol. The van der Waals surface area contributed by atoms with Gasteiger partial charge in [-0.05, 0) is 120 Å². The molecule has 134 heavy (non-hydrogen) atoms. The van der Waals surface area contributed by atoms with E-state index in [4.69, 9.17) is 22.6 Å². The van der Waals surface area contributed by atoms with Crippen LogP contribution in [-0.2, 0) is 102 Å². The summed E-state index contributed by atoms with van der Waals surface area (Å²) in [5.41, 5.74) is 19.5. The Balaban J connectivity index is 1.09. The number of aromatic hydroxyl groups is 1. The molecule has 9 rings (SSSR count). The Morgan fingerprint density at radius 2 is 1.22 bits per heavy atom. The van der Waals surface area contributed by atoms with Crippen molar-refractivity contribution in [2.75, 3.05) is 58.9 Å². The lowest BCUT2D eigenvalue weighted by molar-refractivity contribution is -0.149. The number of phenols is 1. The molecule has 2 aliphatic rings. The molecule has 2 aliphatic heterocycles. The molecule has 0 unspecified atom stereocenters. The first kappa shape index (κ1) is 104. The lowest BCUT2D eigenvalue weighted by atomic mass is 10.00. The number of nitrogens with zero attached hydrogens (tertiary/aromatic N) is 9. The average Bonchev–Trinajstić information content (AvgIpc) is 1.54. The number of benzene rings is 3. The van der Waals surface area contributed by atoms with Crippen molar-refractivity contribution < 1.29 is 86.9 Å². The minimum Gasteiger partial charge on any atom is -0.508 e. The number of primary amides is 2. The number of hydrogen-bond acceptors (Lipinski definition) is 25. The smallest absolute Gasteiger partial charge is 0.246 e. The van der Waals surface area contributed by atoms with Crippen LogP contribution in [0.2, 0.25) is 0 Å². The number of nitrogens with two attached hydrogens (primary N) is 3. The van der Waals surface area contributed by atoms with E-state index in [2.05, 4.69) is 83.6 Å². The van der Waals surface area contributed by atoms with Crippen molar-refractivity contribution >= 4 is 144 Å². The van der Waals surface area contributed by atoms with E-state index in [1.165, 1.54) is 73.9 Å². The standard InChI is InChI=1S/C89H123N25O18S2/c1-9-11-23-68-83(127)100-59(22-17-33-95-89(92)93)79(123)106-67(71(117)31-32-73(90)118)46-133-47-76(121)98-60(36-51-27-29-55(116)30-28-51)77-107-108-109-114(77)50(5)78(122)102-65(40-74(91)119)87(131)113-34-18-25-69(113)84(128)101-62(39-54-42-94-48-97-54)81(125)103-63(35-49(3)4)85(129)110(6)43-75(120)99-61(37-52-41-96-58-21-15-13-19-56(52)58)80(124)105-66(44-115)82(126)104-64(38-53-45-134-72-26-16-14-20-57(53)72)86(130)112(8)70(24-12-10-2)88(132)111(68)7/h13-16,19-21,26-30,41-42,45,48-50,59-70,96,115-116H,9-12,17-18,22-25,31-40,43-44,46-47H2,1-8H3,(H2,90,118)(H2,91,119)(H,94,97)(H,98,121)(H,99,120)(H,100,127)(H,101,128)(H,102,122)(H,103,125)(H,104,126)(H,105,124)(H,106,123)(H4,92,93,95)/t50-,59-,60-,61-,62-,63-,64-,65-,66-,67-,68-,69-,70-/m0/s1. The van der Waals surface area contributed by atoms with Crippen LogP contribution in [0.25, 0.3) is 21.0 Å². The Bertz CT molecular complexity index is 5300. The summed E-state index contributed by atoms with van der Waals surface area (Å²) in [6.07, 6.45) is 3.63. The fourth-order valence-electron chi connectivity index (χ4n) is 16.1. The summed E-state index contributed by atoms with van der Waals surface area (Å²) in [6.45, 7) is 6.71. The number of hydrogen-bond donors (Lipinski definition) is 18. The Morgan fingerprint density at radius 1 is 0.604 bits per heavy atom. The number of carbonyl (C=O) groups is 16. The second kappa shape index (κ2) is 50.4. The summed E-state index contributed by atoms with van der Waals surface area (Å²) >= 11 is 2.22. The number of imidazole rings is 1. The van der Waals surface area contributed by atoms with Crippen LogP contribution in [0.15, 0.2) is 96.9 Å². The third-order valence-electron chi connectivity index (χ3n) is 23.3. The zero-order valence-electron chi connectivity index (χ0n) is 76.3. The Labute approximate surface area is 782 Å². The third kappa shape index (κ3) is 29.5. The zero-order valence-corrected chi connectivity index (χ0v) is 77.9. The molecule has 1 fully saturated rings. The molecule has 7 aromatic rings. The molecule has 3 aromatic carbocycles. The van der Waals surface area contributed by atoms with Gasteiger partial charge in [-0.25, -0.2) is 9.67 Å². The number of aromatic amines is 2. The van der Waals surface area contributed by atoms with Crippen LogP contribution >= 0.6 is 23.1 Å². The monoisotopic (exact) mass is 1890 g/mol. The van der Waals surface area contributed by atoms with Crippen LogP contribution < -0.4 is 70.4 Å². The van der Waals surface area contributed by atoms with Gasteiger partial charge in [-0.15, -0.1) is 28.2 Å². The molecule has 45 heteroatoms. The van der Waals surface area contributed by atoms with Gasteiger partial charge in [0.25, 0.3) is 0 Å². The molecule has 15 amide bonds. The van der Waals surface area contributed by atoms with Crippen molar-refractivity contribution in [1.29, 1.82) is 5.41 Å². The average molecular weight is 1900 g/mol. The normalized spacial score (nSPS) is 23.1. The number of guanidine groups is 1. The van der Waals surface area contributed by atoms with Gasteiger partial charge in [0.2, 0.25) is 88.6 Å². The van der Waals surface area contributed by atoms with Gasteiger partial charge < -0.3 is 110 Å². The Kier molecular flexibility index (Phi) is 39.2. The van der Waals surface area contributed by atoms with E-state index in [1.54, 1.807) is 67.9 Å². The van der Waals surface area contributed by atoms with Crippen LogP contribution in [0.3, 0.4) is 0 Å². The maximum absolute atomic E-state index is 15.7. The molecular formula is C89H123N25O18S2. The second-order valence-electron chi connectivity index (χ2n) is 34.0. The zero-order chi connectivity index (χ0) is 97.6. The molecule has 43 nitrogen and oxygen atoms in total. The summed E-state index contributed by atoms with van der Waals surface area (Å²) in [6, 6.07) is 0.925. The molecule has 0 radical (unpaired) electrons. The quantitative estimate of drug-likeness (QED) is 0.0177. The molecule has 21 N–H and O–H groups in total. The first-order valence-electron chi connectivity index (χ1n) is 44.7. The largest absolute Gasteiger partial charge is 0.508 e. The number of phenolic OH excluding ortho intramolecular Hbond substituents is 1. The highest BCUT2D eigenvalue weighted by atomic mass is 32.2. The predicted molar refractivity (Wildman–Crippen MR) is 495 cm³/mol. The summed E-state index contributed by atoms with van der Waals surface area (Å²) in [4.78, 5) is 249. The number of tetrazole rings is 1. The first-order valence-corrected chi connectivity index (χ1v) is 46.7. The number of aliphatic hydroxyl groups is 1. The predicted octanol–water partition coefficient (Wildman–Crippen LogP) is -0.392. The molecule has 4 aromatic heterocycles. The number of nitrogens with one attached hydrogen (secondary N) is 13. The number of unbranched alkanes of at least 4 members (excludes halogenated alkanes) is 2. The number of Topliss-reactive ketones (excluding diaryl/α,β-unsaturated/α-hetero) is 1. The van der Waals surface area contributed by atoms with E-state index >= 15 is 28.8 Å². The van der Waals surface area contributed by atoms with E-state index < -0.39 is 217 Å². The van der Waals surface area contributed by atoms with Crippen molar-refractivity contribution in [1.82, 2.24) is 108 Å². The number of ketones is 1. The summed E-state index contributed by atoms with van der Waals surface area (Å²) in [5, 5.41) is 71.8. The van der Waals surface area contributed by atoms with Crippen molar-refractivity contribution in [3.8, 4) is 5.75 Å². The number of amides is 15. The fourth-order valence-corrected chi connectivity index (χ4v) is 17.9. The van der Waals surface area contributed by atoms with Gasteiger partial charge in [-0.1, -0.05) is 102 Å². The van der Waals surface area contributed by atoms with Gasteiger partial charge in [0.05, 0.1) is 43.7 Å². The Hall–Kier alpha value is -13.5. The number of rotatable bonds is 27. The number of fused-ring (bicyclic) bond motifs is 4. The molecule has 724 valence electrons. The highest BCUT2D eigenvalue weighted by Gasteiger charge is 2.44. The summed E-state index contributed by atoms with van der Waals surface area (Å²) in [5.74, 6) is -15.8. The first-order chi connectivity index (χ1) is 64.0. The molecule has 6 heterocycles. The highest BCUT2D eigenvalue weighted by molar-refractivity contribution is 8.00. The summed E-state index contributed by atoms with van der Waals surface area (Å²) < 4.78 is 1.87. The molecule has 0 aliphatic carbocycles. The van der Waals surface area contributed by atoms with Gasteiger partial charge in [-0.3, -0.25) is 82.1 Å². The number of aromatic nitrogens is 7. The topological polar surface area (TPSA) is 637 Å². The summed E-state index contributed by atoms with van der Waals surface area (Å²) in [7, 11) is 4.03. The highest BCUT2D eigenvalue weighted by Crippen LogP contribution is 2.30. The number of H-pyrrole nitrogens is 2. The molecule has 13 atom stereocenters. The van der Waals surface area contributed by atoms with Gasteiger partial charge >= 0.3 is 0 Å². The Morgan fingerprint density at radius 3 is 1.90 bits per heavy atom. The van der Waals surface area contributed by atoms with Crippen LogP contribution in [0, 0.1) is 11.3 Å². The van der Waals surface area contributed by atoms with Crippen LogP contribution in [0.1, 0.15) is 165 Å². The number of aliphatic hydroxyl groups excluding tert-OH is 1. The fraction of sp³-hybridized carbons (Fsp3) is 0.517. The lowest BCUT2D eigenvalue weighted by Crippen LogP contribution is -2.61. The van der Waals surface area contributed by atoms with Crippen molar-refractivity contribution in [3.63, 3.8) is 0 Å². The molecule has 0 bridgehead atoms. The number of likely N-dealkylation sites (N-methyl/N-ethyl adjacent to an activating group) is 3. The SMILES string of the molecule is CCCC[C@H]1C(=O)N(C)[C@@H](CCCC)C(=O)N[C@@H](CCCNC(=N)N)C(=O)N[C@H](C(=O)CCC(N)=O)CSCC(=O)N[C@@H](Cc2ccc(O)cc2)c2nnnn2[C@@H](C)C(=O)N[C@@H](CC(N)=O)C(=O)N2CCC[C@H]2C(=O)N[C@@H](Cc2cnc[nH]2)C(=O)N[C@@H](CC(C)C)C(=O)N(C)CC(=O)N[C@@H](Cc2c[nH]c3ccccc23)C(=O)N[C@@H](CO)C(=O)N[C@@H](Cc2csc3ccccc23)C(=O)N1C. The van der Waals surface area contributed by atoms with Crippen LogP contribution in [-0.4, -0.2) is 291 Å². The van der Waals surface area contributed by atoms with Crippen molar-refractivity contribution in [3.05, 3.63) is 125 Å². The van der Waals surface area contributed by atoms with E-state index in [0.717, 1.165) is 36.3 Å². The van der Waals surface area contributed by atoms with Crippen LogP contribution in [0.4, 0.5) is 0 Å². The minimum absolute atomic E-state index is 0.00827. The van der Waals surface area contributed by atoms with Gasteiger partial charge in [0.1, 0.15) is 72.2 Å². The van der Waals surface area contributed by atoms with Gasteiger partial charge in [0, 0.05) is 112 Å². The maximum atomic E-state index is 15.7. The van der Waals surface area contributed by atoms with Crippen molar-refractivity contribution in [2.45, 2.75) is 229 Å². The third-order valence-corrected chi connectivity index (χ3v) is 25.4. The number of carbonyl (C=O) groups excluding carboxylic acids is 16. The van der Waals surface area contributed by atoms with Crippen LogP contribution in [0.5, 0.6) is 5.75 Å². The molecule has 1 saturated heterocycles. The maximum Gasteiger partial charge on any atom is 0.246 e. The number of para-hydroxylation sites is 1. The van der Waals surface area contributed by atoms with E-state index in [9.17, 15) is 58.2 Å². The van der Waals surface area contributed by atoms with E-state index in [0.29, 0.717) is 59.0 Å². The molecule has 0 saturated carbocycles.